The molecule has 144 valence electrons. The summed E-state index contributed by atoms with van der Waals surface area (Å²) in [5, 5.41) is 7.30. The van der Waals surface area contributed by atoms with Crippen molar-refractivity contribution >= 4 is 5.91 Å². The molecule has 2 heterocycles. The fourth-order valence-corrected chi connectivity index (χ4v) is 3.55. The molecule has 1 amide bonds. The van der Waals surface area contributed by atoms with E-state index in [1.807, 2.05) is 42.8 Å². The van der Waals surface area contributed by atoms with Gasteiger partial charge in [-0.1, -0.05) is 12.1 Å². The molecule has 0 radical (unpaired) electrons. The number of rotatable bonds is 6. The summed E-state index contributed by atoms with van der Waals surface area (Å²) in [6, 6.07) is 12.0. The summed E-state index contributed by atoms with van der Waals surface area (Å²) >= 11 is 0. The Morgan fingerprint density at radius 2 is 2.00 bits per heavy atom. The quantitative estimate of drug-likeness (QED) is 0.718. The maximum absolute atomic E-state index is 12.1. The minimum Gasteiger partial charge on any atom is -0.484 e. The third kappa shape index (κ3) is 4.06. The monoisotopic (exact) mass is 376 g/mol. The van der Waals surface area contributed by atoms with E-state index >= 15 is 0 Å². The summed E-state index contributed by atoms with van der Waals surface area (Å²) in [5.41, 5.74) is 5.66. The van der Waals surface area contributed by atoms with Crippen LogP contribution in [-0.4, -0.2) is 27.3 Å². The van der Waals surface area contributed by atoms with Crippen molar-refractivity contribution in [1.82, 2.24) is 20.1 Å². The Balaban J connectivity index is 1.28. The molecular weight excluding hydrogens is 352 g/mol. The van der Waals surface area contributed by atoms with E-state index in [9.17, 15) is 4.79 Å². The smallest absolute Gasteiger partial charge is 0.258 e. The molecule has 4 rings (SSSR count). The third-order valence-corrected chi connectivity index (χ3v) is 4.97. The van der Waals surface area contributed by atoms with Gasteiger partial charge in [-0.05, 0) is 74.1 Å². The number of aromatic nitrogens is 3. The molecule has 1 N–H and O–H groups in total. The number of benzene rings is 1. The summed E-state index contributed by atoms with van der Waals surface area (Å²) in [5.74, 6) is 1.37. The Labute approximate surface area is 164 Å². The van der Waals surface area contributed by atoms with Gasteiger partial charge in [0.2, 0.25) is 0 Å². The van der Waals surface area contributed by atoms with Crippen LogP contribution in [-0.2, 0) is 24.2 Å². The maximum Gasteiger partial charge on any atom is 0.258 e. The SMILES string of the molecule is Cc1cc(C)n(-c2ccc(CNC(=O)COc3ccc4c(c3)CCC4)cn2)n1. The number of carbonyl (C=O) groups is 1. The Morgan fingerprint density at radius 1 is 1.14 bits per heavy atom. The molecule has 1 aliphatic carbocycles. The molecular formula is C22H24N4O2. The lowest BCUT2D eigenvalue weighted by atomic mass is 10.1. The van der Waals surface area contributed by atoms with Crippen molar-refractivity contribution in [3.8, 4) is 11.6 Å². The van der Waals surface area contributed by atoms with E-state index in [1.54, 1.807) is 6.20 Å². The normalized spacial score (nSPS) is 12.6. The molecule has 28 heavy (non-hydrogen) atoms. The van der Waals surface area contributed by atoms with Crippen LogP contribution >= 0.6 is 0 Å². The van der Waals surface area contributed by atoms with Crippen LogP contribution in [0.4, 0.5) is 0 Å². The standard InChI is InChI=1S/C22H24N4O2/c1-15-10-16(2)26(25-15)21-9-6-17(12-23-21)13-24-22(27)14-28-20-8-7-18-4-3-5-19(18)11-20/h6-12H,3-5,13-14H2,1-2H3,(H,24,27). The minimum atomic E-state index is -0.150. The Bertz CT molecular complexity index is 992. The van der Waals surface area contributed by atoms with E-state index in [4.69, 9.17) is 4.74 Å². The van der Waals surface area contributed by atoms with Crippen molar-refractivity contribution < 1.29 is 9.53 Å². The van der Waals surface area contributed by atoms with E-state index < -0.39 is 0 Å². The third-order valence-electron chi connectivity index (χ3n) is 4.97. The average molecular weight is 376 g/mol. The van der Waals surface area contributed by atoms with Crippen LogP contribution in [0.2, 0.25) is 0 Å². The van der Waals surface area contributed by atoms with Gasteiger partial charge in [0.15, 0.2) is 12.4 Å². The largest absolute Gasteiger partial charge is 0.484 e. The molecule has 0 aliphatic heterocycles. The number of nitrogens with one attached hydrogen (secondary N) is 1. The average Bonchev–Trinajstić information content (AvgIpc) is 3.30. The van der Waals surface area contributed by atoms with Gasteiger partial charge >= 0.3 is 0 Å². The number of aryl methyl sites for hydroxylation is 4. The van der Waals surface area contributed by atoms with Crippen molar-refractivity contribution in [2.24, 2.45) is 0 Å². The molecule has 0 spiro atoms. The topological polar surface area (TPSA) is 69.0 Å². The van der Waals surface area contributed by atoms with E-state index in [0.717, 1.165) is 41.4 Å². The van der Waals surface area contributed by atoms with Crippen molar-refractivity contribution in [2.75, 3.05) is 6.61 Å². The molecule has 0 atom stereocenters. The fourth-order valence-electron chi connectivity index (χ4n) is 3.55. The van der Waals surface area contributed by atoms with Crippen LogP contribution in [0.25, 0.3) is 5.82 Å². The fraction of sp³-hybridized carbons (Fsp3) is 0.318. The molecule has 0 bridgehead atoms. The van der Waals surface area contributed by atoms with Gasteiger partial charge in [-0.3, -0.25) is 4.79 Å². The molecule has 0 unspecified atom stereocenters. The first-order valence-electron chi connectivity index (χ1n) is 9.58. The first-order valence-corrected chi connectivity index (χ1v) is 9.58. The summed E-state index contributed by atoms with van der Waals surface area (Å²) in [6.45, 7) is 4.38. The number of hydrogen-bond donors (Lipinski definition) is 1. The second-order valence-electron chi connectivity index (χ2n) is 7.21. The van der Waals surface area contributed by atoms with E-state index in [2.05, 4.69) is 27.5 Å². The molecule has 3 aromatic rings. The lowest BCUT2D eigenvalue weighted by molar-refractivity contribution is -0.123. The van der Waals surface area contributed by atoms with Crippen molar-refractivity contribution in [1.29, 1.82) is 0 Å². The first kappa shape index (κ1) is 18.2. The highest BCUT2D eigenvalue weighted by molar-refractivity contribution is 5.77. The molecule has 1 aromatic carbocycles. The number of carbonyl (C=O) groups excluding carboxylic acids is 1. The molecule has 0 saturated heterocycles. The zero-order chi connectivity index (χ0) is 19.5. The van der Waals surface area contributed by atoms with Crippen LogP contribution in [0.1, 0.15) is 34.5 Å². The zero-order valence-corrected chi connectivity index (χ0v) is 16.2. The molecule has 6 heteroatoms. The molecule has 0 saturated carbocycles. The number of ether oxygens (including phenoxy) is 1. The van der Waals surface area contributed by atoms with Gasteiger partial charge < -0.3 is 10.1 Å². The van der Waals surface area contributed by atoms with Gasteiger partial charge in [0.1, 0.15) is 5.75 Å². The van der Waals surface area contributed by atoms with Crippen molar-refractivity contribution in [3.63, 3.8) is 0 Å². The summed E-state index contributed by atoms with van der Waals surface area (Å²) in [6.07, 6.45) is 5.20. The molecule has 2 aromatic heterocycles. The highest BCUT2D eigenvalue weighted by atomic mass is 16.5. The van der Waals surface area contributed by atoms with Crippen LogP contribution in [0.3, 0.4) is 0 Å². The van der Waals surface area contributed by atoms with E-state index in [-0.39, 0.29) is 12.5 Å². The number of pyridine rings is 1. The van der Waals surface area contributed by atoms with Crippen LogP contribution in [0, 0.1) is 13.8 Å². The van der Waals surface area contributed by atoms with E-state index in [1.165, 1.54) is 17.5 Å². The van der Waals surface area contributed by atoms with E-state index in [0.29, 0.717) is 6.54 Å². The Hall–Kier alpha value is -3.15. The highest BCUT2D eigenvalue weighted by Gasteiger charge is 2.12. The summed E-state index contributed by atoms with van der Waals surface area (Å²) in [4.78, 5) is 16.5. The molecule has 0 fully saturated rings. The second kappa shape index (κ2) is 7.84. The molecule has 1 aliphatic rings. The molecule has 6 nitrogen and oxygen atoms in total. The van der Waals surface area contributed by atoms with Crippen molar-refractivity contribution in [3.05, 3.63) is 70.7 Å². The predicted molar refractivity (Wildman–Crippen MR) is 107 cm³/mol. The highest BCUT2D eigenvalue weighted by Crippen LogP contribution is 2.25. The summed E-state index contributed by atoms with van der Waals surface area (Å²) in [7, 11) is 0. The zero-order valence-electron chi connectivity index (χ0n) is 16.2. The van der Waals surface area contributed by atoms with Gasteiger partial charge in [-0.2, -0.15) is 5.10 Å². The van der Waals surface area contributed by atoms with Crippen LogP contribution < -0.4 is 10.1 Å². The maximum atomic E-state index is 12.1. The Morgan fingerprint density at radius 3 is 2.75 bits per heavy atom. The van der Waals surface area contributed by atoms with Crippen LogP contribution in [0.15, 0.2) is 42.6 Å². The first-order chi connectivity index (χ1) is 13.6. The number of hydrogen-bond acceptors (Lipinski definition) is 4. The van der Waals surface area contributed by atoms with Gasteiger partial charge in [0.05, 0.1) is 5.69 Å². The lowest BCUT2D eigenvalue weighted by Crippen LogP contribution is -2.28. The van der Waals surface area contributed by atoms with Crippen LogP contribution in [0.5, 0.6) is 5.75 Å². The van der Waals surface area contributed by atoms with Gasteiger partial charge in [-0.25, -0.2) is 9.67 Å². The number of nitrogens with zero attached hydrogens (tertiary/aromatic N) is 3. The predicted octanol–water partition coefficient (Wildman–Crippen LogP) is 3.07. The summed E-state index contributed by atoms with van der Waals surface area (Å²) < 4.78 is 7.44. The van der Waals surface area contributed by atoms with Gasteiger partial charge in [0, 0.05) is 18.4 Å². The van der Waals surface area contributed by atoms with Crippen molar-refractivity contribution in [2.45, 2.75) is 39.7 Å². The van der Waals surface area contributed by atoms with Gasteiger partial charge in [0.25, 0.3) is 5.91 Å². The second-order valence-corrected chi connectivity index (χ2v) is 7.21. The number of fused-ring (bicyclic) bond motifs is 1. The number of amides is 1. The minimum absolute atomic E-state index is 0.00998. The Kier molecular flexibility index (Phi) is 5.10. The van der Waals surface area contributed by atoms with Gasteiger partial charge in [-0.15, -0.1) is 0 Å². The lowest BCUT2D eigenvalue weighted by Gasteiger charge is -2.09.